The molecule has 2 fully saturated rings. The molecule has 0 spiro atoms. The van der Waals surface area contributed by atoms with E-state index in [-0.39, 0.29) is 5.91 Å². The van der Waals surface area contributed by atoms with Gasteiger partial charge in [0.1, 0.15) is 0 Å². The maximum Gasteiger partial charge on any atom is 0.217 e. The number of nitrogens with two attached hydrogens (primary N) is 1. The van der Waals surface area contributed by atoms with Gasteiger partial charge in [-0.05, 0) is 56.5 Å². The van der Waals surface area contributed by atoms with Gasteiger partial charge >= 0.3 is 0 Å². The molecule has 3 N–H and O–H groups in total. The van der Waals surface area contributed by atoms with Crippen LogP contribution in [0.1, 0.15) is 38.5 Å². The van der Waals surface area contributed by atoms with Gasteiger partial charge in [-0.25, -0.2) is 0 Å². The molecule has 3 heteroatoms. The number of hydrogen-bond acceptors (Lipinski definition) is 2. The first-order chi connectivity index (χ1) is 7.25. The molecule has 0 heterocycles. The maximum absolute atomic E-state index is 10.5. The third-order valence-electron chi connectivity index (χ3n) is 4.07. The molecule has 3 nitrogen and oxygen atoms in total. The molecule has 2 aliphatic rings. The monoisotopic (exact) mass is 210 g/mol. The Bertz CT molecular complexity index is 230. The summed E-state index contributed by atoms with van der Waals surface area (Å²) in [5, 5.41) is 3.46. The second kappa shape index (κ2) is 4.97. The fraction of sp³-hybridized carbons (Fsp3) is 0.917. The summed E-state index contributed by atoms with van der Waals surface area (Å²) in [6.07, 6.45) is 7.25. The Labute approximate surface area is 91.8 Å². The normalized spacial score (nSPS) is 33.5. The molecular weight excluding hydrogens is 188 g/mol. The van der Waals surface area contributed by atoms with Crippen LogP contribution in [0.4, 0.5) is 0 Å². The molecule has 0 aromatic carbocycles. The van der Waals surface area contributed by atoms with Crippen LogP contribution in [0, 0.1) is 17.8 Å². The summed E-state index contributed by atoms with van der Waals surface area (Å²) in [4.78, 5) is 10.5. The summed E-state index contributed by atoms with van der Waals surface area (Å²) in [5.41, 5.74) is 5.08. The molecule has 2 aliphatic carbocycles. The van der Waals surface area contributed by atoms with Crippen LogP contribution in [0.15, 0.2) is 0 Å². The number of primary amides is 1. The van der Waals surface area contributed by atoms with Crippen molar-refractivity contribution >= 4 is 5.91 Å². The molecule has 3 atom stereocenters. The molecule has 2 rings (SSSR count). The molecule has 0 aromatic heterocycles. The van der Waals surface area contributed by atoms with E-state index in [4.69, 9.17) is 5.73 Å². The number of hydrogen-bond donors (Lipinski definition) is 2. The highest BCUT2D eigenvalue weighted by Crippen LogP contribution is 2.47. The van der Waals surface area contributed by atoms with Crippen molar-refractivity contribution in [2.75, 3.05) is 13.1 Å². The van der Waals surface area contributed by atoms with Crippen molar-refractivity contribution in [1.82, 2.24) is 5.32 Å². The van der Waals surface area contributed by atoms with Crippen molar-refractivity contribution in [2.45, 2.75) is 38.5 Å². The Morgan fingerprint density at radius 2 is 2.20 bits per heavy atom. The highest BCUT2D eigenvalue weighted by Gasteiger charge is 2.38. The van der Waals surface area contributed by atoms with Crippen molar-refractivity contribution in [3.05, 3.63) is 0 Å². The van der Waals surface area contributed by atoms with Crippen molar-refractivity contribution in [1.29, 1.82) is 0 Å². The average Bonchev–Trinajstić information content (AvgIpc) is 2.78. The van der Waals surface area contributed by atoms with E-state index in [1.165, 1.54) is 25.7 Å². The summed E-state index contributed by atoms with van der Waals surface area (Å²) in [5.74, 6) is 2.76. The van der Waals surface area contributed by atoms with Crippen molar-refractivity contribution in [3.63, 3.8) is 0 Å². The van der Waals surface area contributed by atoms with Gasteiger partial charge in [0, 0.05) is 6.42 Å². The summed E-state index contributed by atoms with van der Waals surface area (Å²) >= 11 is 0. The van der Waals surface area contributed by atoms with E-state index in [0.717, 1.165) is 37.3 Å². The van der Waals surface area contributed by atoms with E-state index < -0.39 is 0 Å². The Morgan fingerprint density at radius 1 is 1.33 bits per heavy atom. The first kappa shape index (κ1) is 10.9. The quantitative estimate of drug-likeness (QED) is 0.649. The molecule has 2 saturated carbocycles. The molecule has 1 amide bonds. The molecule has 0 radical (unpaired) electrons. The molecular formula is C12H22N2O. The highest BCUT2D eigenvalue weighted by atomic mass is 16.1. The van der Waals surface area contributed by atoms with Gasteiger partial charge in [-0.15, -0.1) is 0 Å². The third-order valence-corrected chi connectivity index (χ3v) is 4.07. The standard InChI is InChI=1S/C12H22N2O/c13-12(15)2-1-5-14-8-11-7-9-3-4-10(11)6-9/h9-11,14H,1-8H2,(H2,13,15). The molecule has 0 aliphatic heterocycles. The van der Waals surface area contributed by atoms with Crippen LogP contribution in [-0.2, 0) is 4.79 Å². The number of fused-ring (bicyclic) bond motifs is 2. The van der Waals surface area contributed by atoms with Crippen LogP contribution < -0.4 is 11.1 Å². The number of nitrogens with one attached hydrogen (secondary N) is 1. The number of rotatable bonds is 6. The molecule has 0 saturated heterocycles. The largest absolute Gasteiger partial charge is 0.370 e. The van der Waals surface area contributed by atoms with Crippen molar-refractivity contribution < 1.29 is 4.79 Å². The lowest BCUT2D eigenvalue weighted by molar-refractivity contribution is -0.118. The van der Waals surface area contributed by atoms with Crippen LogP contribution in [0.3, 0.4) is 0 Å². The Balaban J connectivity index is 1.53. The predicted octanol–water partition coefficient (Wildman–Crippen LogP) is 1.28. The van der Waals surface area contributed by atoms with Gasteiger partial charge in [0.15, 0.2) is 0 Å². The zero-order valence-electron chi connectivity index (χ0n) is 9.37. The summed E-state index contributed by atoms with van der Waals surface area (Å²) < 4.78 is 0. The molecule has 2 bridgehead atoms. The predicted molar refractivity (Wildman–Crippen MR) is 60.2 cm³/mol. The molecule has 0 aromatic rings. The smallest absolute Gasteiger partial charge is 0.217 e. The second-order valence-electron chi connectivity index (χ2n) is 5.21. The van der Waals surface area contributed by atoms with Crippen molar-refractivity contribution in [2.24, 2.45) is 23.5 Å². The third kappa shape index (κ3) is 2.94. The zero-order valence-corrected chi connectivity index (χ0v) is 9.37. The Hall–Kier alpha value is -0.570. The van der Waals surface area contributed by atoms with E-state index >= 15 is 0 Å². The van der Waals surface area contributed by atoms with E-state index in [9.17, 15) is 4.79 Å². The van der Waals surface area contributed by atoms with Gasteiger partial charge in [-0.2, -0.15) is 0 Å². The minimum absolute atomic E-state index is 0.184. The zero-order chi connectivity index (χ0) is 10.7. The van der Waals surface area contributed by atoms with Gasteiger partial charge in [-0.1, -0.05) is 6.42 Å². The van der Waals surface area contributed by atoms with Crippen LogP contribution in [-0.4, -0.2) is 19.0 Å². The lowest BCUT2D eigenvalue weighted by Crippen LogP contribution is -2.27. The maximum atomic E-state index is 10.5. The minimum atomic E-state index is -0.184. The first-order valence-electron chi connectivity index (χ1n) is 6.24. The molecule has 15 heavy (non-hydrogen) atoms. The summed E-state index contributed by atoms with van der Waals surface area (Å²) in [6, 6.07) is 0. The summed E-state index contributed by atoms with van der Waals surface area (Å²) in [6.45, 7) is 2.09. The first-order valence-corrected chi connectivity index (χ1v) is 6.24. The fourth-order valence-electron chi connectivity index (χ4n) is 3.30. The van der Waals surface area contributed by atoms with Gasteiger partial charge < -0.3 is 11.1 Å². The number of carbonyl (C=O) groups is 1. The van der Waals surface area contributed by atoms with Gasteiger partial charge in [0.25, 0.3) is 0 Å². The topological polar surface area (TPSA) is 55.1 Å². The van der Waals surface area contributed by atoms with Gasteiger partial charge in [0.2, 0.25) is 5.91 Å². The van der Waals surface area contributed by atoms with Gasteiger partial charge in [0.05, 0.1) is 0 Å². The SMILES string of the molecule is NC(=O)CCCNCC1CC2CCC1C2. The van der Waals surface area contributed by atoms with E-state index in [1.54, 1.807) is 0 Å². The van der Waals surface area contributed by atoms with Crippen LogP contribution in [0.25, 0.3) is 0 Å². The van der Waals surface area contributed by atoms with Gasteiger partial charge in [-0.3, -0.25) is 4.79 Å². The lowest BCUT2D eigenvalue weighted by Gasteiger charge is -2.21. The van der Waals surface area contributed by atoms with E-state index in [0.29, 0.717) is 6.42 Å². The van der Waals surface area contributed by atoms with Crippen LogP contribution in [0.2, 0.25) is 0 Å². The second-order valence-corrected chi connectivity index (χ2v) is 5.21. The van der Waals surface area contributed by atoms with Crippen LogP contribution >= 0.6 is 0 Å². The summed E-state index contributed by atoms with van der Waals surface area (Å²) in [7, 11) is 0. The van der Waals surface area contributed by atoms with Crippen molar-refractivity contribution in [3.8, 4) is 0 Å². The number of carbonyl (C=O) groups excluding carboxylic acids is 1. The average molecular weight is 210 g/mol. The minimum Gasteiger partial charge on any atom is -0.370 e. The molecule has 86 valence electrons. The Kier molecular flexibility index (Phi) is 3.62. The van der Waals surface area contributed by atoms with E-state index in [2.05, 4.69) is 5.32 Å². The van der Waals surface area contributed by atoms with Crippen LogP contribution in [0.5, 0.6) is 0 Å². The lowest BCUT2D eigenvalue weighted by atomic mass is 9.89. The molecule has 3 unspecified atom stereocenters. The fourth-order valence-corrected chi connectivity index (χ4v) is 3.30. The van der Waals surface area contributed by atoms with E-state index in [1.807, 2.05) is 0 Å². The number of amides is 1. The Morgan fingerprint density at radius 3 is 2.80 bits per heavy atom. The highest BCUT2D eigenvalue weighted by molar-refractivity contribution is 5.73.